The van der Waals surface area contributed by atoms with E-state index in [1.807, 2.05) is 0 Å². The van der Waals surface area contributed by atoms with E-state index in [1.165, 1.54) is 31.4 Å². The van der Waals surface area contributed by atoms with E-state index in [1.54, 1.807) is 0 Å². The van der Waals surface area contributed by atoms with Gasteiger partial charge in [0.05, 0.1) is 0 Å². The molecule has 0 aliphatic heterocycles. The van der Waals surface area contributed by atoms with Crippen molar-refractivity contribution in [2.24, 2.45) is 5.41 Å². The lowest BCUT2D eigenvalue weighted by atomic mass is 9.75. The fourth-order valence-electron chi connectivity index (χ4n) is 2.65. The number of hydrogen-bond donors (Lipinski definition) is 1. The fourth-order valence-corrected chi connectivity index (χ4v) is 3.37. The molecule has 1 nitrogen and oxygen atoms in total. The number of benzene rings is 1. The van der Waals surface area contributed by atoms with E-state index < -0.39 is 0 Å². The molecule has 94 valence electrons. The minimum atomic E-state index is 0.481. The molecule has 1 unspecified atom stereocenters. The summed E-state index contributed by atoms with van der Waals surface area (Å²) in [6.45, 7) is 4.74. The second-order valence-electron chi connectivity index (χ2n) is 5.73. The van der Waals surface area contributed by atoms with Crippen LogP contribution in [0.15, 0.2) is 27.1 Å². The SMILES string of the molecule is CC1(C)CCCC(Nc2cc(Br)ccc2Br)C1. The van der Waals surface area contributed by atoms with Gasteiger partial charge in [-0.1, -0.05) is 36.2 Å². The Labute approximate surface area is 121 Å². The van der Waals surface area contributed by atoms with Gasteiger partial charge in [-0.05, 0) is 58.8 Å². The second kappa shape index (κ2) is 5.31. The Kier molecular flexibility index (Phi) is 4.19. The van der Waals surface area contributed by atoms with Crippen LogP contribution in [-0.2, 0) is 0 Å². The first-order chi connectivity index (χ1) is 7.96. The second-order valence-corrected chi connectivity index (χ2v) is 7.50. The van der Waals surface area contributed by atoms with E-state index in [2.05, 4.69) is 69.2 Å². The van der Waals surface area contributed by atoms with Gasteiger partial charge in [0.2, 0.25) is 0 Å². The van der Waals surface area contributed by atoms with Gasteiger partial charge in [-0.15, -0.1) is 0 Å². The van der Waals surface area contributed by atoms with E-state index >= 15 is 0 Å². The van der Waals surface area contributed by atoms with Crippen LogP contribution in [0.25, 0.3) is 0 Å². The molecule has 0 saturated heterocycles. The lowest BCUT2D eigenvalue weighted by Crippen LogP contribution is -2.31. The van der Waals surface area contributed by atoms with E-state index in [4.69, 9.17) is 0 Å². The molecule has 1 aliphatic carbocycles. The number of hydrogen-bond acceptors (Lipinski definition) is 1. The van der Waals surface area contributed by atoms with Gasteiger partial charge in [0.15, 0.2) is 0 Å². The summed E-state index contributed by atoms with van der Waals surface area (Å²) in [7, 11) is 0. The van der Waals surface area contributed by atoms with E-state index in [0.717, 1.165) is 8.95 Å². The van der Waals surface area contributed by atoms with E-state index in [9.17, 15) is 0 Å². The Balaban J connectivity index is 2.07. The first-order valence-corrected chi connectivity index (χ1v) is 7.76. The molecule has 2 rings (SSSR count). The predicted molar refractivity (Wildman–Crippen MR) is 81.5 cm³/mol. The molecule has 0 amide bonds. The molecule has 1 aromatic carbocycles. The summed E-state index contributed by atoms with van der Waals surface area (Å²) in [4.78, 5) is 0. The van der Waals surface area contributed by atoms with Crippen LogP contribution in [0.1, 0.15) is 39.5 Å². The first kappa shape index (κ1) is 13.4. The standard InChI is InChI=1S/C14H19Br2N/c1-14(2)7-3-4-11(9-14)17-13-8-10(15)5-6-12(13)16/h5-6,8,11,17H,3-4,7,9H2,1-2H3. The molecule has 0 bridgehead atoms. The highest BCUT2D eigenvalue weighted by Gasteiger charge is 2.27. The lowest BCUT2D eigenvalue weighted by molar-refractivity contribution is 0.229. The zero-order chi connectivity index (χ0) is 12.5. The molecular formula is C14H19Br2N. The highest BCUT2D eigenvalue weighted by atomic mass is 79.9. The van der Waals surface area contributed by atoms with E-state index in [0.29, 0.717) is 11.5 Å². The topological polar surface area (TPSA) is 12.0 Å². The molecule has 3 heteroatoms. The van der Waals surface area contributed by atoms with Crippen molar-refractivity contribution in [3.05, 3.63) is 27.1 Å². The summed E-state index contributed by atoms with van der Waals surface area (Å²) in [6, 6.07) is 6.89. The normalized spacial score (nSPS) is 23.4. The average Bonchev–Trinajstić information content (AvgIpc) is 2.22. The molecule has 17 heavy (non-hydrogen) atoms. The fraction of sp³-hybridized carbons (Fsp3) is 0.571. The van der Waals surface area contributed by atoms with Gasteiger partial charge in [-0.25, -0.2) is 0 Å². The molecule has 1 saturated carbocycles. The van der Waals surface area contributed by atoms with Crippen molar-refractivity contribution in [1.82, 2.24) is 0 Å². The van der Waals surface area contributed by atoms with Crippen LogP contribution in [0.4, 0.5) is 5.69 Å². The molecule has 1 fully saturated rings. The minimum absolute atomic E-state index is 0.481. The van der Waals surface area contributed by atoms with Crippen molar-refractivity contribution in [1.29, 1.82) is 0 Å². The van der Waals surface area contributed by atoms with Crippen LogP contribution in [0.5, 0.6) is 0 Å². The van der Waals surface area contributed by atoms with Crippen molar-refractivity contribution in [2.75, 3.05) is 5.32 Å². The monoisotopic (exact) mass is 359 g/mol. The lowest BCUT2D eigenvalue weighted by Gasteiger charge is -2.36. The highest BCUT2D eigenvalue weighted by molar-refractivity contribution is 9.11. The molecule has 0 radical (unpaired) electrons. The Morgan fingerprint density at radius 3 is 2.76 bits per heavy atom. The summed E-state index contributed by atoms with van der Waals surface area (Å²) in [6.07, 6.45) is 5.22. The van der Waals surface area contributed by atoms with Gasteiger partial charge in [0.1, 0.15) is 0 Å². The zero-order valence-corrected chi connectivity index (χ0v) is 13.6. The summed E-state index contributed by atoms with van der Waals surface area (Å²) < 4.78 is 2.27. The minimum Gasteiger partial charge on any atom is -0.381 e. The number of rotatable bonds is 2. The zero-order valence-electron chi connectivity index (χ0n) is 10.4. The van der Waals surface area contributed by atoms with Gasteiger partial charge in [0, 0.05) is 20.7 Å². The maximum atomic E-state index is 3.67. The summed E-state index contributed by atoms with van der Waals surface area (Å²) in [5.74, 6) is 0. The maximum absolute atomic E-state index is 3.67. The predicted octanol–water partition coefficient (Wildman–Crippen LogP) is 5.59. The van der Waals surface area contributed by atoms with Crippen molar-refractivity contribution in [2.45, 2.75) is 45.6 Å². The van der Waals surface area contributed by atoms with Crippen LogP contribution < -0.4 is 5.32 Å². The summed E-state index contributed by atoms with van der Waals surface area (Å²) in [5, 5.41) is 3.67. The molecule has 1 aromatic rings. The summed E-state index contributed by atoms with van der Waals surface area (Å²) >= 11 is 7.13. The van der Waals surface area contributed by atoms with Crippen molar-refractivity contribution in [3.63, 3.8) is 0 Å². The maximum Gasteiger partial charge on any atom is 0.0498 e. The third-order valence-corrected chi connectivity index (χ3v) is 4.68. The molecule has 0 spiro atoms. The van der Waals surface area contributed by atoms with Crippen molar-refractivity contribution < 1.29 is 0 Å². The van der Waals surface area contributed by atoms with E-state index in [-0.39, 0.29) is 0 Å². The molecule has 0 heterocycles. The quantitative estimate of drug-likeness (QED) is 0.724. The van der Waals surface area contributed by atoms with Gasteiger partial charge < -0.3 is 5.32 Å². The van der Waals surface area contributed by atoms with Crippen molar-refractivity contribution >= 4 is 37.5 Å². The Bertz CT molecular complexity index is 401. The van der Waals surface area contributed by atoms with Crippen LogP contribution in [0.3, 0.4) is 0 Å². The third-order valence-electron chi connectivity index (χ3n) is 3.49. The summed E-state index contributed by atoms with van der Waals surface area (Å²) in [5.41, 5.74) is 1.68. The highest BCUT2D eigenvalue weighted by Crippen LogP contribution is 2.37. The van der Waals surface area contributed by atoms with Crippen LogP contribution in [0.2, 0.25) is 0 Å². The van der Waals surface area contributed by atoms with Gasteiger partial charge in [-0.3, -0.25) is 0 Å². The molecule has 1 N–H and O–H groups in total. The Morgan fingerprint density at radius 1 is 1.29 bits per heavy atom. The molecular weight excluding hydrogens is 342 g/mol. The third kappa shape index (κ3) is 3.72. The Morgan fingerprint density at radius 2 is 2.06 bits per heavy atom. The van der Waals surface area contributed by atoms with Gasteiger partial charge >= 0.3 is 0 Å². The molecule has 1 aliphatic rings. The molecule has 0 aromatic heterocycles. The number of nitrogens with one attached hydrogen (secondary N) is 1. The number of anilines is 1. The average molecular weight is 361 g/mol. The smallest absolute Gasteiger partial charge is 0.0498 e. The molecule has 1 atom stereocenters. The van der Waals surface area contributed by atoms with Gasteiger partial charge in [-0.2, -0.15) is 0 Å². The van der Waals surface area contributed by atoms with Crippen LogP contribution >= 0.6 is 31.9 Å². The van der Waals surface area contributed by atoms with Crippen LogP contribution in [0, 0.1) is 5.41 Å². The number of halogens is 2. The largest absolute Gasteiger partial charge is 0.381 e. The van der Waals surface area contributed by atoms with Crippen LogP contribution in [-0.4, -0.2) is 6.04 Å². The Hall–Kier alpha value is -0.0200. The van der Waals surface area contributed by atoms with Gasteiger partial charge in [0.25, 0.3) is 0 Å². The first-order valence-electron chi connectivity index (χ1n) is 6.18. The van der Waals surface area contributed by atoms with Crippen molar-refractivity contribution in [3.8, 4) is 0 Å².